The van der Waals surface area contributed by atoms with Crippen LogP contribution in [-0.2, 0) is 0 Å². The maximum atomic E-state index is 5.82. The predicted octanol–water partition coefficient (Wildman–Crippen LogP) is 2.23. The van der Waals surface area contributed by atoms with Gasteiger partial charge in [0.2, 0.25) is 11.9 Å². The fraction of sp³-hybridized carbons (Fsp3) is 0.200. The number of aryl methyl sites for hydroxylation is 3. The van der Waals surface area contributed by atoms with Crippen molar-refractivity contribution in [3.8, 4) is 17.3 Å². The third-order valence-electron chi connectivity index (χ3n) is 3.46. The van der Waals surface area contributed by atoms with Crippen molar-refractivity contribution in [2.75, 3.05) is 5.73 Å². The van der Waals surface area contributed by atoms with Crippen LogP contribution < -0.4 is 5.73 Å². The first-order valence-electron chi connectivity index (χ1n) is 6.62. The highest BCUT2D eigenvalue weighted by Crippen LogP contribution is 2.24. The van der Waals surface area contributed by atoms with Crippen molar-refractivity contribution < 1.29 is 0 Å². The van der Waals surface area contributed by atoms with Crippen molar-refractivity contribution in [2.45, 2.75) is 20.8 Å². The molecule has 0 atom stereocenters. The Bertz CT molecular complexity index is 792. The molecule has 106 valence electrons. The second-order valence-corrected chi connectivity index (χ2v) is 5.04. The van der Waals surface area contributed by atoms with Gasteiger partial charge in [-0.2, -0.15) is 15.0 Å². The average molecular weight is 280 g/mol. The van der Waals surface area contributed by atoms with Gasteiger partial charge in [-0.1, -0.05) is 6.07 Å². The van der Waals surface area contributed by atoms with E-state index < -0.39 is 0 Å². The minimum atomic E-state index is 0.196. The highest BCUT2D eigenvalue weighted by atomic mass is 15.2. The lowest BCUT2D eigenvalue weighted by Crippen LogP contribution is -2.07. The van der Waals surface area contributed by atoms with Gasteiger partial charge in [-0.15, -0.1) is 0 Å². The summed E-state index contributed by atoms with van der Waals surface area (Å²) in [4.78, 5) is 16.9. The van der Waals surface area contributed by atoms with Gasteiger partial charge in [0.15, 0.2) is 5.82 Å². The predicted molar refractivity (Wildman–Crippen MR) is 81.0 cm³/mol. The first kappa shape index (κ1) is 13.2. The first-order chi connectivity index (χ1) is 10.0. The molecular weight excluding hydrogens is 264 g/mol. The molecule has 0 fully saturated rings. The van der Waals surface area contributed by atoms with Gasteiger partial charge in [0, 0.05) is 18.0 Å². The zero-order chi connectivity index (χ0) is 15.0. The number of nitrogens with two attached hydrogens (primary N) is 1. The maximum absolute atomic E-state index is 5.82. The van der Waals surface area contributed by atoms with E-state index in [-0.39, 0.29) is 5.95 Å². The lowest BCUT2D eigenvalue weighted by Gasteiger charge is -2.10. The first-order valence-corrected chi connectivity index (χ1v) is 6.62. The second-order valence-electron chi connectivity index (χ2n) is 5.04. The molecule has 21 heavy (non-hydrogen) atoms. The van der Waals surface area contributed by atoms with E-state index in [2.05, 4.69) is 45.9 Å². The quantitative estimate of drug-likeness (QED) is 0.778. The van der Waals surface area contributed by atoms with Gasteiger partial charge in [-0.25, -0.2) is 4.98 Å². The van der Waals surface area contributed by atoms with E-state index in [1.807, 2.05) is 6.92 Å². The molecule has 0 saturated heterocycles. The Morgan fingerprint density at radius 3 is 2.43 bits per heavy atom. The van der Waals surface area contributed by atoms with E-state index in [4.69, 9.17) is 5.73 Å². The normalized spacial score (nSPS) is 10.8. The highest BCUT2D eigenvalue weighted by Gasteiger charge is 2.11. The molecule has 2 N–H and O–H groups in total. The molecule has 0 saturated carbocycles. The van der Waals surface area contributed by atoms with E-state index >= 15 is 0 Å². The number of rotatable bonds is 2. The summed E-state index contributed by atoms with van der Waals surface area (Å²) in [5, 5.41) is 0. The molecule has 0 unspecified atom stereocenters. The molecule has 0 aliphatic carbocycles. The van der Waals surface area contributed by atoms with Crippen LogP contribution in [0.25, 0.3) is 17.3 Å². The molecule has 0 amide bonds. The molecule has 3 aromatic rings. The van der Waals surface area contributed by atoms with Gasteiger partial charge >= 0.3 is 0 Å². The summed E-state index contributed by atoms with van der Waals surface area (Å²) in [6.07, 6.45) is 5.07. The summed E-state index contributed by atoms with van der Waals surface area (Å²) in [7, 11) is 0. The van der Waals surface area contributed by atoms with Crippen molar-refractivity contribution in [3.63, 3.8) is 0 Å². The van der Waals surface area contributed by atoms with Crippen LogP contribution in [0.3, 0.4) is 0 Å². The van der Waals surface area contributed by atoms with E-state index in [0.29, 0.717) is 11.8 Å². The summed E-state index contributed by atoms with van der Waals surface area (Å²) < 4.78 is 1.71. The summed E-state index contributed by atoms with van der Waals surface area (Å²) in [5.41, 5.74) is 10.3. The minimum Gasteiger partial charge on any atom is -0.368 e. The third-order valence-corrected chi connectivity index (χ3v) is 3.46. The van der Waals surface area contributed by atoms with Gasteiger partial charge in [0.1, 0.15) is 6.33 Å². The van der Waals surface area contributed by atoms with Crippen molar-refractivity contribution in [2.24, 2.45) is 0 Å². The van der Waals surface area contributed by atoms with Gasteiger partial charge in [0.25, 0.3) is 0 Å². The van der Waals surface area contributed by atoms with Gasteiger partial charge in [-0.05, 0) is 43.5 Å². The lowest BCUT2D eigenvalue weighted by atomic mass is 10.0. The number of hydrogen-bond donors (Lipinski definition) is 1. The average Bonchev–Trinajstić information content (AvgIpc) is 2.96. The van der Waals surface area contributed by atoms with Gasteiger partial charge in [-0.3, -0.25) is 4.57 Å². The Labute approximate surface area is 122 Å². The number of anilines is 1. The summed E-state index contributed by atoms with van der Waals surface area (Å²) in [6.45, 7) is 6.20. The van der Waals surface area contributed by atoms with Crippen LogP contribution in [0.5, 0.6) is 0 Å². The van der Waals surface area contributed by atoms with Crippen molar-refractivity contribution in [1.82, 2.24) is 24.5 Å². The molecule has 6 nitrogen and oxygen atoms in total. The van der Waals surface area contributed by atoms with E-state index in [1.54, 1.807) is 23.3 Å². The zero-order valence-corrected chi connectivity index (χ0v) is 12.2. The van der Waals surface area contributed by atoms with E-state index in [9.17, 15) is 0 Å². The molecule has 0 bridgehead atoms. The number of hydrogen-bond acceptors (Lipinski definition) is 5. The van der Waals surface area contributed by atoms with Crippen LogP contribution in [0.4, 0.5) is 5.95 Å². The van der Waals surface area contributed by atoms with Crippen LogP contribution in [0.2, 0.25) is 0 Å². The van der Waals surface area contributed by atoms with Gasteiger partial charge < -0.3 is 5.73 Å². The Morgan fingerprint density at radius 2 is 1.71 bits per heavy atom. The van der Waals surface area contributed by atoms with Crippen molar-refractivity contribution >= 4 is 5.95 Å². The standard InChI is InChI=1S/C15H16N6/c1-9-6-11(3)12(7-10(9)2)13-18-14(16)20-15(19-13)21-5-4-17-8-21/h4-8H,1-3H3,(H2,16,18,19,20). The molecule has 6 heteroatoms. The topological polar surface area (TPSA) is 82.5 Å². The number of nitrogen functional groups attached to an aromatic ring is 1. The Morgan fingerprint density at radius 1 is 0.952 bits per heavy atom. The van der Waals surface area contributed by atoms with Crippen LogP contribution in [0.1, 0.15) is 16.7 Å². The molecule has 2 heterocycles. The highest BCUT2D eigenvalue weighted by molar-refractivity contribution is 5.63. The minimum absolute atomic E-state index is 0.196. The fourth-order valence-electron chi connectivity index (χ4n) is 2.20. The molecule has 0 radical (unpaired) electrons. The molecule has 0 aliphatic rings. The number of imidazole rings is 1. The largest absolute Gasteiger partial charge is 0.368 e. The van der Waals surface area contributed by atoms with Crippen molar-refractivity contribution in [1.29, 1.82) is 0 Å². The summed E-state index contributed by atoms with van der Waals surface area (Å²) in [5.74, 6) is 1.24. The Hall–Kier alpha value is -2.76. The van der Waals surface area contributed by atoms with Crippen LogP contribution in [0.15, 0.2) is 30.9 Å². The lowest BCUT2D eigenvalue weighted by molar-refractivity contribution is 0.905. The van der Waals surface area contributed by atoms with Crippen molar-refractivity contribution in [3.05, 3.63) is 47.5 Å². The Balaban J connectivity index is 2.17. The second kappa shape index (κ2) is 4.97. The Kier molecular flexibility index (Phi) is 3.13. The van der Waals surface area contributed by atoms with Crippen LogP contribution in [-0.4, -0.2) is 24.5 Å². The number of benzene rings is 1. The molecular formula is C15H16N6. The summed E-state index contributed by atoms with van der Waals surface area (Å²) in [6, 6.07) is 4.21. The van der Waals surface area contributed by atoms with E-state index in [1.165, 1.54) is 11.1 Å². The van der Waals surface area contributed by atoms with Gasteiger partial charge in [0.05, 0.1) is 0 Å². The smallest absolute Gasteiger partial charge is 0.240 e. The third kappa shape index (κ3) is 2.47. The fourth-order valence-corrected chi connectivity index (χ4v) is 2.20. The number of aromatic nitrogens is 5. The maximum Gasteiger partial charge on any atom is 0.240 e. The molecule has 2 aromatic heterocycles. The molecule has 3 rings (SSSR count). The van der Waals surface area contributed by atoms with Crippen LogP contribution >= 0.6 is 0 Å². The molecule has 1 aromatic carbocycles. The molecule has 0 spiro atoms. The monoisotopic (exact) mass is 280 g/mol. The van der Waals surface area contributed by atoms with Crippen LogP contribution in [0, 0.1) is 20.8 Å². The SMILES string of the molecule is Cc1cc(C)c(-c2nc(N)nc(-n3ccnc3)n2)cc1C. The summed E-state index contributed by atoms with van der Waals surface area (Å²) >= 11 is 0. The molecule has 0 aliphatic heterocycles. The number of nitrogens with zero attached hydrogens (tertiary/aromatic N) is 5. The van der Waals surface area contributed by atoms with E-state index in [0.717, 1.165) is 11.1 Å². The zero-order valence-electron chi connectivity index (χ0n) is 12.2.